The molecule has 23 heavy (non-hydrogen) atoms. The molecule has 6 heteroatoms. The molecule has 0 aromatic carbocycles. The molecule has 0 unspecified atom stereocenters. The summed E-state index contributed by atoms with van der Waals surface area (Å²) in [7, 11) is 0. The van der Waals surface area contributed by atoms with Crippen molar-refractivity contribution in [2.45, 2.75) is 64.6 Å². The van der Waals surface area contributed by atoms with Crippen LogP contribution < -0.4 is 0 Å². The second kappa shape index (κ2) is 6.23. The van der Waals surface area contributed by atoms with Gasteiger partial charge in [-0.2, -0.15) is 0 Å². The van der Waals surface area contributed by atoms with Crippen molar-refractivity contribution in [3.63, 3.8) is 0 Å². The summed E-state index contributed by atoms with van der Waals surface area (Å²) in [5.74, 6) is 2.16. The number of amides is 1. The molecule has 1 N–H and O–H groups in total. The van der Waals surface area contributed by atoms with Crippen LogP contribution in [0.4, 0.5) is 0 Å². The quantitative estimate of drug-likeness (QED) is 0.901. The predicted octanol–water partition coefficient (Wildman–Crippen LogP) is 1.72. The second-order valence-corrected chi connectivity index (χ2v) is 7.44. The van der Waals surface area contributed by atoms with Crippen molar-refractivity contribution < 1.29 is 9.90 Å². The van der Waals surface area contributed by atoms with E-state index in [-0.39, 0.29) is 12.5 Å². The van der Waals surface area contributed by atoms with Gasteiger partial charge in [0.05, 0.1) is 25.4 Å². The molecule has 0 radical (unpaired) electrons. The molecular weight excluding hydrogens is 292 g/mol. The van der Waals surface area contributed by atoms with Crippen LogP contribution in [0.3, 0.4) is 0 Å². The van der Waals surface area contributed by atoms with Gasteiger partial charge in [-0.3, -0.25) is 4.79 Å². The zero-order valence-corrected chi connectivity index (χ0v) is 13.7. The van der Waals surface area contributed by atoms with Gasteiger partial charge in [0.15, 0.2) is 0 Å². The zero-order valence-electron chi connectivity index (χ0n) is 13.7. The fourth-order valence-corrected chi connectivity index (χ4v) is 4.86. The monoisotopic (exact) mass is 318 g/mol. The van der Waals surface area contributed by atoms with E-state index in [9.17, 15) is 9.90 Å². The molecule has 3 atom stereocenters. The lowest BCUT2D eigenvalue weighted by molar-refractivity contribution is -0.139. The minimum atomic E-state index is -0.107. The Kier molecular flexibility index (Phi) is 4.09. The minimum Gasteiger partial charge on any atom is -0.390 e. The Balaban J connectivity index is 1.43. The maximum atomic E-state index is 13.0. The zero-order chi connectivity index (χ0) is 15.8. The number of aromatic nitrogens is 3. The van der Waals surface area contributed by atoms with Crippen LogP contribution >= 0.6 is 0 Å². The Bertz CT molecular complexity index is 572. The molecule has 1 aromatic heterocycles. The molecule has 0 saturated heterocycles. The van der Waals surface area contributed by atoms with Crippen molar-refractivity contribution in [3.8, 4) is 0 Å². The van der Waals surface area contributed by atoms with Gasteiger partial charge >= 0.3 is 0 Å². The molecule has 2 fully saturated rings. The van der Waals surface area contributed by atoms with E-state index >= 15 is 0 Å². The first-order chi connectivity index (χ1) is 11.3. The third kappa shape index (κ3) is 2.77. The standard InChI is InChI=1S/C17H26N4O2/c22-11-15-16-10-20(7-8-21(16)19-18-15)17(23)14-6-5-12-3-1-2-4-13(12)9-14/h12-14,22H,1-11H2/t12-,13-,14-/m1/s1. The first kappa shape index (κ1) is 15.1. The van der Waals surface area contributed by atoms with E-state index in [1.807, 2.05) is 9.58 Å². The molecule has 1 aromatic rings. The molecule has 2 heterocycles. The molecule has 6 nitrogen and oxygen atoms in total. The normalized spacial score (nSPS) is 30.7. The number of carbonyl (C=O) groups excluding carboxylic acids is 1. The number of rotatable bonds is 2. The Morgan fingerprint density at radius 3 is 2.78 bits per heavy atom. The number of hydrogen-bond donors (Lipinski definition) is 1. The van der Waals surface area contributed by atoms with Gasteiger partial charge in [-0.25, -0.2) is 4.68 Å². The van der Waals surface area contributed by atoms with Crippen LogP contribution in [-0.2, 0) is 24.5 Å². The molecule has 0 spiro atoms. The summed E-state index contributed by atoms with van der Waals surface area (Å²) >= 11 is 0. The average Bonchev–Trinajstić information content (AvgIpc) is 3.03. The SMILES string of the molecule is O=C([C@@H]1CC[C@H]2CCCC[C@@H]2C1)N1CCn2nnc(CO)c2C1. The molecule has 2 saturated carbocycles. The summed E-state index contributed by atoms with van der Waals surface area (Å²) in [6.45, 7) is 1.84. The topological polar surface area (TPSA) is 71.2 Å². The van der Waals surface area contributed by atoms with Crippen LogP contribution in [0.2, 0.25) is 0 Å². The fourth-order valence-electron chi connectivity index (χ4n) is 4.86. The molecule has 1 amide bonds. The van der Waals surface area contributed by atoms with Crippen LogP contribution in [0.25, 0.3) is 0 Å². The van der Waals surface area contributed by atoms with Crippen molar-refractivity contribution in [1.82, 2.24) is 19.9 Å². The Labute approximate surface area is 136 Å². The van der Waals surface area contributed by atoms with Gasteiger partial charge in [-0.15, -0.1) is 5.10 Å². The molecule has 2 aliphatic carbocycles. The maximum absolute atomic E-state index is 13.0. The summed E-state index contributed by atoms with van der Waals surface area (Å²) in [6, 6.07) is 0. The summed E-state index contributed by atoms with van der Waals surface area (Å²) in [5.41, 5.74) is 1.51. The van der Waals surface area contributed by atoms with E-state index < -0.39 is 0 Å². The van der Waals surface area contributed by atoms with E-state index in [1.165, 1.54) is 32.1 Å². The lowest BCUT2D eigenvalue weighted by Gasteiger charge is -2.40. The van der Waals surface area contributed by atoms with Crippen molar-refractivity contribution in [3.05, 3.63) is 11.4 Å². The third-order valence-corrected chi connectivity index (χ3v) is 6.19. The highest BCUT2D eigenvalue weighted by Gasteiger charge is 2.37. The fraction of sp³-hybridized carbons (Fsp3) is 0.824. The van der Waals surface area contributed by atoms with Crippen molar-refractivity contribution in [2.75, 3.05) is 6.54 Å². The highest BCUT2D eigenvalue weighted by atomic mass is 16.3. The lowest BCUT2D eigenvalue weighted by Crippen LogP contribution is -2.44. The molecule has 0 bridgehead atoms. The van der Waals surface area contributed by atoms with Gasteiger partial charge in [0.25, 0.3) is 0 Å². The van der Waals surface area contributed by atoms with Crippen molar-refractivity contribution in [2.24, 2.45) is 17.8 Å². The summed E-state index contributed by atoms with van der Waals surface area (Å²) in [4.78, 5) is 14.9. The Morgan fingerprint density at radius 1 is 1.13 bits per heavy atom. The van der Waals surface area contributed by atoms with Gasteiger partial charge in [-0.1, -0.05) is 30.9 Å². The van der Waals surface area contributed by atoms with Gasteiger partial charge < -0.3 is 10.0 Å². The van der Waals surface area contributed by atoms with Crippen LogP contribution in [-0.4, -0.2) is 37.5 Å². The van der Waals surface area contributed by atoms with E-state index in [2.05, 4.69) is 10.3 Å². The lowest BCUT2D eigenvalue weighted by atomic mass is 9.67. The number of fused-ring (bicyclic) bond motifs is 2. The van der Waals surface area contributed by atoms with Gasteiger partial charge in [-0.05, 0) is 31.1 Å². The third-order valence-electron chi connectivity index (χ3n) is 6.19. The second-order valence-electron chi connectivity index (χ2n) is 7.44. The Morgan fingerprint density at radius 2 is 1.96 bits per heavy atom. The van der Waals surface area contributed by atoms with Gasteiger partial charge in [0, 0.05) is 12.5 Å². The molecule has 126 valence electrons. The van der Waals surface area contributed by atoms with Crippen LogP contribution in [0.15, 0.2) is 0 Å². The van der Waals surface area contributed by atoms with Crippen LogP contribution in [0.1, 0.15) is 56.3 Å². The smallest absolute Gasteiger partial charge is 0.226 e. The number of aliphatic hydroxyl groups excluding tert-OH is 1. The van der Waals surface area contributed by atoms with Gasteiger partial charge in [0.2, 0.25) is 5.91 Å². The van der Waals surface area contributed by atoms with E-state index in [4.69, 9.17) is 0 Å². The van der Waals surface area contributed by atoms with E-state index in [0.29, 0.717) is 31.2 Å². The molecular formula is C17H26N4O2. The first-order valence-corrected chi connectivity index (χ1v) is 9.07. The average molecular weight is 318 g/mol. The van der Waals surface area contributed by atoms with Crippen LogP contribution in [0.5, 0.6) is 0 Å². The minimum absolute atomic E-state index is 0.107. The predicted molar refractivity (Wildman–Crippen MR) is 84.2 cm³/mol. The summed E-state index contributed by atoms with van der Waals surface area (Å²) in [5, 5.41) is 17.4. The van der Waals surface area contributed by atoms with Gasteiger partial charge in [0.1, 0.15) is 5.69 Å². The summed E-state index contributed by atoms with van der Waals surface area (Å²) < 4.78 is 1.83. The molecule has 4 rings (SSSR count). The summed E-state index contributed by atoms with van der Waals surface area (Å²) in [6.07, 6.45) is 8.80. The van der Waals surface area contributed by atoms with Crippen molar-refractivity contribution in [1.29, 1.82) is 0 Å². The number of hydrogen-bond acceptors (Lipinski definition) is 4. The van der Waals surface area contributed by atoms with E-state index in [0.717, 1.165) is 30.4 Å². The number of nitrogens with zero attached hydrogens (tertiary/aromatic N) is 4. The highest BCUT2D eigenvalue weighted by molar-refractivity contribution is 5.79. The Hall–Kier alpha value is -1.43. The van der Waals surface area contributed by atoms with Crippen LogP contribution in [0, 0.1) is 17.8 Å². The molecule has 3 aliphatic rings. The largest absolute Gasteiger partial charge is 0.390 e. The highest BCUT2D eigenvalue weighted by Crippen LogP contribution is 2.43. The first-order valence-electron chi connectivity index (χ1n) is 9.07. The van der Waals surface area contributed by atoms with E-state index in [1.54, 1.807) is 0 Å². The number of carbonyl (C=O) groups is 1. The molecule has 1 aliphatic heterocycles. The van der Waals surface area contributed by atoms with Crippen molar-refractivity contribution >= 4 is 5.91 Å². The number of aliphatic hydroxyl groups is 1. The maximum Gasteiger partial charge on any atom is 0.226 e.